The van der Waals surface area contributed by atoms with Gasteiger partial charge < -0.3 is 5.11 Å². The number of para-hydroxylation sites is 1. The number of fused-ring (bicyclic) bond motifs is 1. The summed E-state index contributed by atoms with van der Waals surface area (Å²) in [5.41, 5.74) is 2.35. The van der Waals surface area contributed by atoms with Gasteiger partial charge in [0.1, 0.15) is 0 Å². The van der Waals surface area contributed by atoms with Crippen molar-refractivity contribution in [2.75, 3.05) is 13.2 Å². The lowest BCUT2D eigenvalue weighted by Gasteiger charge is -2.36. The number of rotatable bonds is 6. The Hall–Kier alpha value is -1.39. The SMILES string of the molecule is CCn1nc(CN(CCO)C2CCC2)c2ccccc21. The number of hydrogen-bond donors (Lipinski definition) is 1. The average Bonchev–Trinajstić information content (AvgIpc) is 2.76. The molecule has 0 unspecified atom stereocenters. The van der Waals surface area contributed by atoms with Crippen molar-refractivity contribution < 1.29 is 5.11 Å². The minimum absolute atomic E-state index is 0.225. The van der Waals surface area contributed by atoms with Crippen LogP contribution >= 0.6 is 0 Å². The fraction of sp³-hybridized carbons (Fsp3) is 0.562. The molecular weight excluding hydrogens is 250 g/mol. The minimum atomic E-state index is 0.225. The molecule has 4 heteroatoms. The standard InChI is InChI=1S/C16H23N3O/c1-2-19-16-9-4-3-8-14(16)15(17-19)12-18(10-11-20)13-6-5-7-13/h3-4,8-9,13,20H,2,5-7,10-12H2,1H3. The molecule has 1 N–H and O–H groups in total. The van der Waals surface area contributed by atoms with Crippen molar-refractivity contribution in [2.45, 2.75) is 45.3 Å². The van der Waals surface area contributed by atoms with Gasteiger partial charge in [-0.15, -0.1) is 0 Å². The van der Waals surface area contributed by atoms with Crippen molar-refractivity contribution >= 4 is 10.9 Å². The van der Waals surface area contributed by atoms with E-state index in [0.29, 0.717) is 6.04 Å². The van der Waals surface area contributed by atoms with E-state index in [1.807, 2.05) is 0 Å². The van der Waals surface area contributed by atoms with E-state index >= 15 is 0 Å². The van der Waals surface area contributed by atoms with Crippen LogP contribution in [0.3, 0.4) is 0 Å². The summed E-state index contributed by atoms with van der Waals surface area (Å²) in [4.78, 5) is 2.39. The van der Waals surface area contributed by atoms with Gasteiger partial charge in [0, 0.05) is 31.1 Å². The minimum Gasteiger partial charge on any atom is -0.395 e. The number of hydrogen-bond acceptors (Lipinski definition) is 3. The Morgan fingerprint density at radius 3 is 2.80 bits per heavy atom. The molecule has 0 atom stereocenters. The van der Waals surface area contributed by atoms with E-state index in [0.717, 1.165) is 25.3 Å². The molecule has 0 aliphatic heterocycles. The summed E-state index contributed by atoms with van der Waals surface area (Å²) >= 11 is 0. The molecule has 0 radical (unpaired) electrons. The van der Waals surface area contributed by atoms with E-state index in [4.69, 9.17) is 5.10 Å². The van der Waals surface area contributed by atoms with Gasteiger partial charge in [-0.1, -0.05) is 24.6 Å². The fourth-order valence-corrected chi connectivity index (χ4v) is 3.02. The maximum atomic E-state index is 9.28. The third-order valence-corrected chi connectivity index (χ3v) is 4.37. The van der Waals surface area contributed by atoms with Crippen LogP contribution < -0.4 is 0 Å². The normalized spacial score (nSPS) is 15.9. The zero-order chi connectivity index (χ0) is 13.9. The molecule has 1 heterocycles. The van der Waals surface area contributed by atoms with Crippen molar-refractivity contribution in [3.05, 3.63) is 30.0 Å². The molecule has 2 aromatic rings. The Balaban J connectivity index is 1.88. The lowest BCUT2D eigenvalue weighted by atomic mass is 9.91. The van der Waals surface area contributed by atoms with Crippen molar-refractivity contribution in [1.29, 1.82) is 0 Å². The average molecular weight is 273 g/mol. The van der Waals surface area contributed by atoms with Crippen LogP contribution in [0, 0.1) is 0 Å². The molecule has 0 spiro atoms. The van der Waals surface area contributed by atoms with E-state index in [2.05, 4.69) is 40.8 Å². The molecule has 0 saturated heterocycles. The van der Waals surface area contributed by atoms with E-state index in [-0.39, 0.29) is 6.61 Å². The van der Waals surface area contributed by atoms with Gasteiger partial charge in [-0.25, -0.2) is 0 Å². The van der Waals surface area contributed by atoms with Crippen LogP contribution in [0.15, 0.2) is 24.3 Å². The molecular formula is C16H23N3O. The Kier molecular flexibility index (Phi) is 4.03. The molecule has 4 nitrogen and oxygen atoms in total. The summed E-state index contributed by atoms with van der Waals surface area (Å²) in [6, 6.07) is 9.06. The highest BCUT2D eigenvalue weighted by Gasteiger charge is 2.25. The smallest absolute Gasteiger partial charge is 0.0843 e. The van der Waals surface area contributed by atoms with Gasteiger partial charge in [0.05, 0.1) is 17.8 Å². The highest BCUT2D eigenvalue weighted by Crippen LogP contribution is 2.27. The van der Waals surface area contributed by atoms with Crippen molar-refractivity contribution in [3.8, 4) is 0 Å². The predicted octanol–water partition coefficient (Wildman–Crippen LogP) is 2.40. The van der Waals surface area contributed by atoms with Gasteiger partial charge in [0.25, 0.3) is 0 Å². The number of nitrogens with zero attached hydrogens (tertiary/aromatic N) is 3. The molecule has 1 aliphatic rings. The topological polar surface area (TPSA) is 41.3 Å². The fourth-order valence-electron chi connectivity index (χ4n) is 3.02. The number of aliphatic hydroxyl groups is 1. The zero-order valence-corrected chi connectivity index (χ0v) is 12.1. The first kappa shape index (κ1) is 13.6. The summed E-state index contributed by atoms with van der Waals surface area (Å²) in [6.45, 7) is 4.84. The molecule has 1 aliphatic carbocycles. The van der Waals surface area contributed by atoms with E-state index in [9.17, 15) is 5.11 Å². The number of aliphatic hydroxyl groups excluding tert-OH is 1. The summed E-state index contributed by atoms with van der Waals surface area (Å²) in [7, 11) is 0. The van der Waals surface area contributed by atoms with Crippen LogP contribution in [0.1, 0.15) is 31.9 Å². The van der Waals surface area contributed by atoms with Crippen LogP contribution in [0.2, 0.25) is 0 Å². The van der Waals surface area contributed by atoms with Crippen molar-refractivity contribution in [2.24, 2.45) is 0 Å². The summed E-state index contributed by atoms with van der Waals surface area (Å²) in [5.74, 6) is 0. The monoisotopic (exact) mass is 273 g/mol. The lowest BCUT2D eigenvalue weighted by molar-refractivity contribution is 0.0935. The summed E-state index contributed by atoms with van der Waals surface area (Å²) in [5, 5.41) is 15.3. The van der Waals surface area contributed by atoms with Crippen LogP contribution in [0.25, 0.3) is 10.9 Å². The van der Waals surface area contributed by atoms with E-state index < -0.39 is 0 Å². The second-order valence-corrected chi connectivity index (χ2v) is 5.56. The maximum Gasteiger partial charge on any atom is 0.0843 e. The Morgan fingerprint density at radius 1 is 1.35 bits per heavy atom. The first-order chi connectivity index (χ1) is 9.83. The predicted molar refractivity (Wildman–Crippen MR) is 80.5 cm³/mol. The van der Waals surface area contributed by atoms with Gasteiger partial charge in [-0.3, -0.25) is 9.58 Å². The number of benzene rings is 1. The van der Waals surface area contributed by atoms with Gasteiger partial charge in [0.15, 0.2) is 0 Å². The largest absolute Gasteiger partial charge is 0.395 e. The Labute approximate surface area is 120 Å². The number of aromatic nitrogens is 2. The van der Waals surface area contributed by atoms with Crippen LogP contribution in [0.5, 0.6) is 0 Å². The van der Waals surface area contributed by atoms with Crippen molar-refractivity contribution in [1.82, 2.24) is 14.7 Å². The van der Waals surface area contributed by atoms with Gasteiger partial charge in [0.2, 0.25) is 0 Å². The quantitative estimate of drug-likeness (QED) is 0.878. The molecule has 1 fully saturated rings. The second-order valence-electron chi connectivity index (χ2n) is 5.56. The van der Waals surface area contributed by atoms with Crippen LogP contribution in [0.4, 0.5) is 0 Å². The second kappa shape index (κ2) is 5.94. The number of aryl methyl sites for hydroxylation is 1. The lowest BCUT2D eigenvalue weighted by Crippen LogP contribution is -2.41. The first-order valence-electron chi connectivity index (χ1n) is 7.62. The van der Waals surface area contributed by atoms with Gasteiger partial charge >= 0.3 is 0 Å². The summed E-state index contributed by atoms with van der Waals surface area (Å²) < 4.78 is 2.07. The molecule has 1 aromatic carbocycles. The molecule has 108 valence electrons. The van der Waals surface area contributed by atoms with Crippen LogP contribution in [-0.2, 0) is 13.1 Å². The van der Waals surface area contributed by atoms with E-state index in [1.54, 1.807) is 0 Å². The molecule has 3 rings (SSSR count). The third kappa shape index (κ3) is 2.45. The highest BCUT2D eigenvalue weighted by atomic mass is 16.3. The highest BCUT2D eigenvalue weighted by molar-refractivity contribution is 5.81. The Bertz CT molecular complexity index is 574. The Morgan fingerprint density at radius 2 is 2.15 bits per heavy atom. The zero-order valence-electron chi connectivity index (χ0n) is 12.1. The van der Waals surface area contributed by atoms with Gasteiger partial charge in [-0.05, 0) is 25.8 Å². The molecule has 0 amide bonds. The third-order valence-electron chi connectivity index (χ3n) is 4.37. The molecule has 1 aromatic heterocycles. The van der Waals surface area contributed by atoms with Gasteiger partial charge in [-0.2, -0.15) is 5.10 Å². The maximum absolute atomic E-state index is 9.28. The first-order valence-corrected chi connectivity index (χ1v) is 7.62. The molecule has 1 saturated carbocycles. The van der Waals surface area contributed by atoms with Crippen molar-refractivity contribution in [3.63, 3.8) is 0 Å². The molecule has 0 bridgehead atoms. The summed E-state index contributed by atoms with van der Waals surface area (Å²) in [6.07, 6.45) is 3.83. The van der Waals surface area contributed by atoms with Crippen LogP contribution in [-0.4, -0.2) is 39.0 Å². The van der Waals surface area contributed by atoms with E-state index in [1.165, 1.54) is 30.2 Å². The molecule has 20 heavy (non-hydrogen) atoms.